The number of hydrogen-bond donors (Lipinski definition) is 3. The summed E-state index contributed by atoms with van der Waals surface area (Å²) in [6, 6.07) is 5.84. The van der Waals surface area contributed by atoms with E-state index >= 15 is 0 Å². The van der Waals surface area contributed by atoms with Crippen molar-refractivity contribution >= 4 is 22.1 Å². The van der Waals surface area contributed by atoms with Crippen LogP contribution in [0, 0.1) is 5.92 Å². The maximum atomic E-state index is 9.84. The number of nitrogens with two attached hydrogens (primary N) is 1. The highest BCUT2D eigenvalue weighted by Crippen LogP contribution is 2.33. The average Bonchev–Trinajstić information content (AvgIpc) is 3.22. The van der Waals surface area contributed by atoms with Crippen LogP contribution in [0.4, 0.5) is 11.4 Å². The molecule has 4 heteroatoms. The van der Waals surface area contributed by atoms with Crippen LogP contribution in [0.15, 0.2) is 30.6 Å². The molecule has 0 aliphatic heterocycles. The van der Waals surface area contributed by atoms with Gasteiger partial charge in [-0.05, 0) is 30.9 Å². The molecule has 94 valence electrons. The fraction of sp³-hybridized carbons (Fsp3) is 0.357. The summed E-state index contributed by atoms with van der Waals surface area (Å²) < 4.78 is 0. The molecule has 0 amide bonds. The van der Waals surface area contributed by atoms with Crippen LogP contribution in [0.1, 0.15) is 12.8 Å². The lowest BCUT2D eigenvalue weighted by Crippen LogP contribution is -2.21. The maximum absolute atomic E-state index is 9.84. The van der Waals surface area contributed by atoms with Crippen molar-refractivity contribution in [3.05, 3.63) is 30.6 Å². The SMILES string of the molecule is Nc1c(NCC(O)C2CC2)ccc2cnccc12. The van der Waals surface area contributed by atoms with Crippen LogP contribution in [-0.2, 0) is 0 Å². The van der Waals surface area contributed by atoms with Gasteiger partial charge in [0.05, 0.1) is 17.5 Å². The Morgan fingerprint density at radius 1 is 1.39 bits per heavy atom. The molecule has 1 saturated carbocycles. The molecule has 1 fully saturated rings. The number of nitrogens with zero attached hydrogens (tertiary/aromatic N) is 1. The number of hydrogen-bond acceptors (Lipinski definition) is 4. The summed E-state index contributed by atoms with van der Waals surface area (Å²) in [6.07, 6.45) is 5.55. The third-order valence-corrected chi connectivity index (χ3v) is 3.53. The van der Waals surface area contributed by atoms with Crippen molar-refractivity contribution in [1.82, 2.24) is 4.98 Å². The van der Waals surface area contributed by atoms with Crippen molar-refractivity contribution in [2.45, 2.75) is 18.9 Å². The van der Waals surface area contributed by atoms with E-state index in [1.54, 1.807) is 12.4 Å². The van der Waals surface area contributed by atoms with Crippen molar-refractivity contribution in [1.29, 1.82) is 0 Å². The van der Waals surface area contributed by atoms with Gasteiger partial charge in [-0.3, -0.25) is 4.98 Å². The smallest absolute Gasteiger partial charge is 0.0740 e. The maximum Gasteiger partial charge on any atom is 0.0740 e. The molecule has 1 atom stereocenters. The lowest BCUT2D eigenvalue weighted by atomic mass is 10.1. The topological polar surface area (TPSA) is 71.2 Å². The number of nitrogen functional groups attached to an aromatic ring is 1. The van der Waals surface area contributed by atoms with Crippen LogP contribution in [0.25, 0.3) is 10.8 Å². The molecule has 0 bridgehead atoms. The van der Waals surface area contributed by atoms with Gasteiger partial charge in [0.15, 0.2) is 0 Å². The number of aliphatic hydroxyl groups excluding tert-OH is 1. The molecule has 1 aromatic carbocycles. The second-order valence-corrected chi connectivity index (χ2v) is 4.91. The van der Waals surface area contributed by atoms with Gasteiger partial charge in [0.2, 0.25) is 0 Å². The summed E-state index contributed by atoms with van der Waals surface area (Å²) in [5.74, 6) is 0.475. The zero-order chi connectivity index (χ0) is 12.5. The summed E-state index contributed by atoms with van der Waals surface area (Å²) in [5, 5.41) is 15.1. The molecule has 1 aliphatic carbocycles. The van der Waals surface area contributed by atoms with E-state index in [9.17, 15) is 5.11 Å². The van der Waals surface area contributed by atoms with Crippen molar-refractivity contribution in [2.24, 2.45) is 5.92 Å². The Labute approximate surface area is 106 Å². The first-order chi connectivity index (χ1) is 8.75. The van der Waals surface area contributed by atoms with E-state index in [4.69, 9.17) is 5.73 Å². The number of aliphatic hydroxyl groups is 1. The monoisotopic (exact) mass is 243 g/mol. The Balaban J connectivity index is 1.81. The molecule has 4 N–H and O–H groups in total. The molecule has 1 heterocycles. The molecule has 1 unspecified atom stereocenters. The van der Waals surface area contributed by atoms with Crippen LogP contribution in [0.5, 0.6) is 0 Å². The van der Waals surface area contributed by atoms with Gasteiger partial charge in [-0.25, -0.2) is 0 Å². The highest BCUT2D eigenvalue weighted by atomic mass is 16.3. The predicted octanol–water partition coefficient (Wildman–Crippen LogP) is 2.00. The molecule has 3 rings (SSSR count). The van der Waals surface area contributed by atoms with Crippen LogP contribution in [0.3, 0.4) is 0 Å². The first-order valence-electron chi connectivity index (χ1n) is 6.30. The average molecular weight is 243 g/mol. The summed E-state index contributed by atoms with van der Waals surface area (Å²) in [7, 11) is 0. The molecule has 4 nitrogen and oxygen atoms in total. The summed E-state index contributed by atoms with van der Waals surface area (Å²) in [4.78, 5) is 4.07. The molecule has 0 radical (unpaired) electrons. The normalized spacial score (nSPS) is 16.7. The Morgan fingerprint density at radius 2 is 2.22 bits per heavy atom. The van der Waals surface area contributed by atoms with Crippen molar-refractivity contribution < 1.29 is 5.11 Å². The second kappa shape index (κ2) is 4.46. The van der Waals surface area contributed by atoms with Gasteiger partial charge in [0.1, 0.15) is 0 Å². The number of rotatable bonds is 4. The minimum absolute atomic E-state index is 0.266. The summed E-state index contributed by atoms with van der Waals surface area (Å²) in [5.41, 5.74) is 7.73. The van der Waals surface area contributed by atoms with E-state index in [1.165, 1.54) is 0 Å². The number of anilines is 2. The molecule has 1 aromatic heterocycles. The highest BCUT2D eigenvalue weighted by molar-refractivity contribution is 5.98. The first-order valence-corrected chi connectivity index (χ1v) is 6.30. The standard InChI is InChI=1S/C14H17N3O/c15-14-11-5-6-16-7-10(11)3-4-12(14)17-8-13(18)9-1-2-9/h3-7,9,13,17-18H,1-2,8,15H2. The molecule has 18 heavy (non-hydrogen) atoms. The predicted molar refractivity (Wildman–Crippen MR) is 73.4 cm³/mol. The third kappa shape index (κ3) is 2.11. The Morgan fingerprint density at radius 3 is 3.00 bits per heavy atom. The zero-order valence-corrected chi connectivity index (χ0v) is 10.1. The number of fused-ring (bicyclic) bond motifs is 1. The van der Waals surface area contributed by atoms with Crippen LogP contribution < -0.4 is 11.1 Å². The lowest BCUT2D eigenvalue weighted by molar-refractivity contribution is 0.164. The van der Waals surface area contributed by atoms with Crippen molar-refractivity contribution in [3.8, 4) is 0 Å². The zero-order valence-electron chi connectivity index (χ0n) is 10.1. The minimum Gasteiger partial charge on any atom is -0.397 e. The van der Waals surface area contributed by atoms with E-state index in [1.807, 2.05) is 18.2 Å². The van der Waals surface area contributed by atoms with Crippen molar-refractivity contribution in [2.75, 3.05) is 17.6 Å². The molecule has 0 spiro atoms. The highest BCUT2D eigenvalue weighted by Gasteiger charge is 2.29. The Bertz CT molecular complexity index is 566. The first kappa shape index (κ1) is 11.3. The molecular weight excluding hydrogens is 226 g/mol. The van der Waals surface area contributed by atoms with Crippen molar-refractivity contribution in [3.63, 3.8) is 0 Å². The van der Waals surface area contributed by atoms with Crippen LogP contribution in [0.2, 0.25) is 0 Å². The van der Waals surface area contributed by atoms with Crippen LogP contribution in [-0.4, -0.2) is 22.7 Å². The van der Waals surface area contributed by atoms with Gasteiger partial charge in [-0.15, -0.1) is 0 Å². The van der Waals surface area contributed by atoms with E-state index in [0.717, 1.165) is 35.0 Å². The van der Waals surface area contributed by atoms with E-state index in [-0.39, 0.29) is 6.10 Å². The largest absolute Gasteiger partial charge is 0.397 e. The number of nitrogens with one attached hydrogen (secondary N) is 1. The number of aromatic nitrogens is 1. The second-order valence-electron chi connectivity index (χ2n) is 4.91. The van der Waals surface area contributed by atoms with E-state index < -0.39 is 0 Å². The van der Waals surface area contributed by atoms with Gasteiger partial charge in [0.25, 0.3) is 0 Å². The summed E-state index contributed by atoms with van der Waals surface area (Å²) in [6.45, 7) is 0.561. The number of pyridine rings is 1. The Kier molecular flexibility index (Phi) is 2.80. The van der Waals surface area contributed by atoms with Gasteiger partial charge in [-0.2, -0.15) is 0 Å². The molecule has 2 aromatic rings. The quantitative estimate of drug-likeness (QED) is 0.718. The van der Waals surface area contributed by atoms with Gasteiger partial charge in [-0.1, -0.05) is 6.07 Å². The number of benzene rings is 1. The fourth-order valence-corrected chi connectivity index (χ4v) is 2.21. The summed E-state index contributed by atoms with van der Waals surface area (Å²) >= 11 is 0. The third-order valence-electron chi connectivity index (χ3n) is 3.53. The van der Waals surface area contributed by atoms with Gasteiger partial charge >= 0.3 is 0 Å². The molecule has 0 saturated heterocycles. The molecular formula is C14H17N3O. The van der Waals surface area contributed by atoms with E-state index in [2.05, 4.69) is 10.3 Å². The lowest BCUT2D eigenvalue weighted by Gasteiger charge is -2.14. The minimum atomic E-state index is -0.266. The van der Waals surface area contributed by atoms with E-state index in [0.29, 0.717) is 12.5 Å². The Hall–Kier alpha value is -1.81. The van der Waals surface area contributed by atoms with Gasteiger partial charge in [0, 0.05) is 29.7 Å². The van der Waals surface area contributed by atoms with Crippen LogP contribution >= 0.6 is 0 Å². The fourth-order valence-electron chi connectivity index (χ4n) is 2.21. The van der Waals surface area contributed by atoms with Gasteiger partial charge < -0.3 is 16.2 Å². The molecule has 1 aliphatic rings.